The topological polar surface area (TPSA) is 36.5 Å². The number of hydrogen-bond acceptors (Lipinski definition) is 4. The highest BCUT2D eigenvalue weighted by atomic mass is 32.1. The Morgan fingerprint density at radius 1 is 1.38 bits per heavy atom. The van der Waals surface area contributed by atoms with Gasteiger partial charge in [-0.2, -0.15) is 0 Å². The summed E-state index contributed by atoms with van der Waals surface area (Å²) in [6.45, 7) is 2.96. The Labute approximate surface area is 128 Å². The van der Waals surface area contributed by atoms with Crippen LogP contribution in [0.3, 0.4) is 0 Å². The van der Waals surface area contributed by atoms with Crippen molar-refractivity contribution in [2.45, 2.75) is 25.5 Å². The van der Waals surface area contributed by atoms with Crippen LogP contribution in [-0.2, 0) is 18.3 Å². The Balaban J connectivity index is 1.27. The molecule has 1 unspecified atom stereocenters. The quantitative estimate of drug-likeness (QED) is 0.580. The predicted molar refractivity (Wildman–Crippen MR) is 79.9 cm³/mol. The van der Waals surface area contributed by atoms with Gasteiger partial charge in [-0.3, -0.25) is 0 Å². The number of aryl methyl sites for hydroxylation is 2. The molecule has 1 aliphatic rings. The van der Waals surface area contributed by atoms with E-state index in [1.165, 1.54) is 0 Å². The van der Waals surface area contributed by atoms with Gasteiger partial charge in [0.15, 0.2) is 17.6 Å². The number of hydrogen-bond donors (Lipinski definition) is 0. The van der Waals surface area contributed by atoms with Gasteiger partial charge >= 0.3 is 0 Å². The van der Waals surface area contributed by atoms with E-state index in [0.717, 1.165) is 37.5 Å². The van der Waals surface area contributed by atoms with E-state index in [1.807, 2.05) is 17.8 Å². The highest BCUT2D eigenvalue weighted by molar-refractivity contribution is 7.08. The van der Waals surface area contributed by atoms with E-state index >= 15 is 0 Å². The van der Waals surface area contributed by atoms with Crippen LogP contribution >= 0.6 is 11.3 Å². The molecule has 0 radical (unpaired) electrons. The molecule has 1 aliphatic heterocycles. The average Bonchev–Trinajstić information content (AvgIpc) is 3.11. The molecule has 1 atom stereocenters. The van der Waals surface area contributed by atoms with Gasteiger partial charge in [0.2, 0.25) is 6.33 Å². The molecular weight excluding hydrogens is 288 g/mol. The van der Waals surface area contributed by atoms with Crippen LogP contribution in [0.5, 0.6) is 11.5 Å². The Morgan fingerprint density at radius 3 is 3.14 bits per heavy atom. The van der Waals surface area contributed by atoms with Gasteiger partial charge in [0, 0.05) is 17.4 Å². The molecule has 3 heterocycles. The summed E-state index contributed by atoms with van der Waals surface area (Å²) >= 11 is 1.60. The third-order valence-corrected chi connectivity index (χ3v) is 4.09. The fourth-order valence-corrected chi connectivity index (χ4v) is 2.96. The minimum atomic E-state index is 0.00981. The molecule has 0 amide bonds. The Hall–Kier alpha value is -1.53. The van der Waals surface area contributed by atoms with Gasteiger partial charge in [0.05, 0.1) is 20.2 Å². The summed E-state index contributed by atoms with van der Waals surface area (Å²) < 4.78 is 21.4. The first-order valence-electron chi connectivity index (χ1n) is 7.25. The number of imidazole rings is 1. The van der Waals surface area contributed by atoms with E-state index in [9.17, 15) is 0 Å². The molecule has 0 aromatic carbocycles. The first-order valence-corrected chi connectivity index (χ1v) is 8.20. The summed E-state index contributed by atoms with van der Waals surface area (Å²) in [4.78, 5) is 0. The molecular formula is C15H21N2O3S+. The van der Waals surface area contributed by atoms with Gasteiger partial charge in [-0.15, -0.1) is 11.3 Å². The summed E-state index contributed by atoms with van der Waals surface area (Å²) in [5.74, 6) is 1.71. The van der Waals surface area contributed by atoms with Gasteiger partial charge in [-0.05, 0) is 12.8 Å². The molecule has 2 aromatic heterocycles. The van der Waals surface area contributed by atoms with Gasteiger partial charge in [-0.1, -0.05) is 0 Å². The number of nitrogens with zero attached hydrogens (tertiary/aromatic N) is 2. The summed E-state index contributed by atoms with van der Waals surface area (Å²) in [6.07, 6.45) is 8.41. The maximum Gasteiger partial charge on any atom is 0.243 e. The second-order valence-corrected chi connectivity index (χ2v) is 5.99. The molecule has 0 saturated heterocycles. The monoisotopic (exact) mass is 309 g/mol. The van der Waals surface area contributed by atoms with Gasteiger partial charge in [0.1, 0.15) is 19.0 Å². The van der Waals surface area contributed by atoms with Crippen LogP contribution in [0.15, 0.2) is 29.5 Å². The van der Waals surface area contributed by atoms with E-state index in [0.29, 0.717) is 13.2 Å². The van der Waals surface area contributed by atoms with Gasteiger partial charge < -0.3 is 14.2 Å². The largest absolute Gasteiger partial charge is 0.485 e. The van der Waals surface area contributed by atoms with E-state index in [4.69, 9.17) is 14.2 Å². The number of unbranched alkanes of at least 4 members (excludes halogenated alkanes) is 1. The molecule has 0 fully saturated rings. The summed E-state index contributed by atoms with van der Waals surface area (Å²) in [7, 11) is 2.03. The number of thiophene rings is 1. The number of ether oxygens (including phenoxy) is 3. The van der Waals surface area contributed by atoms with Crippen molar-refractivity contribution in [2.75, 3.05) is 19.8 Å². The molecule has 114 valence electrons. The van der Waals surface area contributed by atoms with Crippen LogP contribution in [0.4, 0.5) is 0 Å². The van der Waals surface area contributed by atoms with Crippen molar-refractivity contribution in [3.05, 3.63) is 29.5 Å². The summed E-state index contributed by atoms with van der Waals surface area (Å²) in [6, 6.07) is 0. The fourth-order valence-electron chi connectivity index (χ4n) is 2.29. The predicted octanol–water partition coefficient (Wildman–Crippen LogP) is 2.01. The molecule has 0 spiro atoms. The van der Waals surface area contributed by atoms with Crippen LogP contribution in [-0.4, -0.2) is 30.5 Å². The van der Waals surface area contributed by atoms with Crippen molar-refractivity contribution in [3.63, 3.8) is 0 Å². The lowest BCUT2D eigenvalue weighted by Gasteiger charge is -2.24. The summed E-state index contributed by atoms with van der Waals surface area (Å²) in [5.41, 5.74) is 0. The van der Waals surface area contributed by atoms with Crippen molar-refractivity contribution in [1.82, 2.24) is 4.57 Å². The minimum Gasteiger partial charge on any atom is -0.485 e. The summed E-state index contributed by atoms with van der Waals surface area (Å²) in [5, 5.41) is 3.94. The van der Waals surface area contributed by atoms with Crippen LogP contribution in [0.1, 0.15) is 12.8 Å². The smallest absolute Gasteiger partial charge is 0.243 e. The molecule has 0 bridgehead atoms. The zero-order chi connectivity index (χ0) is 14.5. The van der Waals surface area contributed by atoms with Gasteiger partial charge in [0.25, 0.3) is 0 Å². The normalized spacial score (nSPS) is 17.1. The fraction of sp³-hybridized carbons (Fsp3) is 0.533. The SMILES string of the molecule is C[n+]1ccn(CCCCOCC2COc3cscc3O2)c1. The van der Waals surface area contributed by atoms with Crippen molar-refractivity contribution in [1.29, 1.82) is 0 Å². The minimum absolute atomic E-state index is 0.00981. The van der Waals surface area contributed by atoms with Crippen molar-refractivity contribution < 1.29 is 18.8 Å². The lowest BCUT2D eigenvalue weighted by Crippen LogP contribution is -2.33. The molecule has 3 rings (SSSR count). The molecule has 2 aromatic rings. The highest BCUT2D eigenvalue weighted by Crippen LogP contribution is 2.35. The molecule has 6 heteroatoms. The van der Waals surface area contributed by atoms with Crippen molar-refractivity contribution in [2.24, 2.45) is 7.05 Å². The second kappa shape index (κ2) is 6.95. The highest BCUT2D eigenvalue weighted by Gasteiger charge is 2.21. The van der Waals surface area contributed by atoms with E-state index < -0.39 is 0 Å². The van der Waals surface area contributed by atoms with Crippen LogP contribution < -0.4 is 14.0 Å². The Kier molecular flexibility index (Phi) is 4.77. The molecule has 5 nitrogen and oxygen atoms in total. The van der Waals surface area contributed by atoms with Gasteiger partial charge in [-0.25, -0.2) is 9.13 Å². The number of rotatable bonds is 7. The molecule has 0 N–H and O–H groups in total. The van der Waals surface area contributed by atoms with E-state index in [1.54, 1.807) is 11.3 Å². The maximum absolute atomic E-state index is 5.80. The number of aromatic nitrogens is 2. The maximum atomic E-state index is 5.80. The Morgan fingerprint density at radius 2 is 2.29 bits per heavy atom. The van der Waals surface area contributed by atoms with Crippen molar-refractivity contribution >= 4 is 11.3 Å². The molecule has 0 saturated carbocycles. The number of fused-ring (bicyclic) bond motifs is 1. The Bertz CT molecular complexity index is 567. The lowest BCUT2D eigenvalue weighted by molar-refractivity contribution is -0.671. The zero-order valence-corrected chi connectivity index (χ0v) is 13.1. The van der Waals surface area contributed by atoms with Crippen LogP contribution in [0, 0.1) is 0 Å². The third kappa shape index (κ3) is 3.98. The lowest BCUT2D eigenvalue weighted by atomic mass is 10.3. The van der Waals surface area contributed by atoms with Crippen LogP contribution in [0.2, 0.25) is 0 Å². The van der Waals surface area contributed by atoms with E-state index in [-0.39, 0.29) is 6.10 Å². The first-order chi connectivity index (χ1) is 10.3. The van der Waals surface area contributed by atoms with Crippen LogP contribution in [0.25, 0.3) is 0 Å². The zero-order valence-electron chi connectivity index (χ0n) is 12.2. The first kappa shape index (κ1) is 14.4. The van der Waals surface area contributed by atoms with Crippen molar-refractivity contribution in [3.8, 4) is 11.5 Å². The van der Waals surface area contributed by atoms with E-state index in [2.05, 4.69) is 27.9 Å². The average molecular weight is 309 g/mol. The standard InChI is InChI=1S/C15H21N2O3S/c1-16-5-6-17(12-16)4-2-3-7-18-8-13-9-19-14-10-21-11-15(14)20-13/h5-6,10-13H,2-4,7-9H2,1H3/q+1. The molecule has 21 heavy (non-hydrogen) atoms. The molecule has 0 aliphatic carbocycles. The second-order valence-electron chi connectivity index (χ2n) is 5.25. The third-order valence-electron chi connectivity index (χ3n) is 3.39.